The number of carbonyl (C=O) groups excluding carboxylic acids is 5. The van der Waals surface area contributed by atoms with E-state index in [1.165, 1.54) is 6.92 Å². The van der Waals surface area contributed by atoms with Gasteiger partial charge in [0.1, 0.15) is 18.8 Å². The summed E-state index contributed by atoms with van der Waals surface area (Å²) in [6, 6.07) is -2.77. The van der Waals surface area contributed by atoms with Crippen LogP contribution in [-0.4, -0.2) is 90.2 Å². The Morgan fingerprint density at radius 1 is 0.882 bits per heavy atom. The van der Waals surface area contributed by atoms with E-state index in [-0.39, 0.29) is 0 Å². The fraction of sp³-hybridized carbons (Fsp3) is 0.700. The number of hydrogen-bond donors (Lipinski definition) is 3. The van der Waals surface area contributed by atoms with E-state index >= 15 is 0 Å². The zero-order valence-electron chi connectivity index (χ0n) is 19.7. The van der Waals surface area contributed by atoms with Crippen LogP contribution in [0.3, 0.4) is 0 Å². The third-order valence-electron chi connectivity index (χ3n) is 4.51. The van der Waals surface area contributed by atoms with Crippen molar-refractivity contribution in [2.75, 3.05) is 6.61 Å². The average molecular weight is 490 g/mol. The van der Waals surface area contributed by atoms with E-state index in [4.69, 9.17) is 23.7 Å². The molecular formula is C20H30N2O12. The van der Waals surface area contributed by atoms with Gasteiger partial charge >= 0.3 is 23.9 Å². The van der Waals surface area contributed by atoms with Crippen LogP contribution in [-0.2, 0) is 52.5 Å². The number of ether oxygens (including phenoxy) is 5. The van der Waals surface area contributed by atoms with Gasteiger partial charge in [-0.05, 0) is 6.92 Å². The molecule has 3 N–H and O–H groups in total. The molecule has 14 heteroatoms. The van der Waals surface area contributed by atoms with Crippen LogP contribution in [0.4, 0.5) is 0 Å². The summed E-state index contributed by atoms with van der Waals surface area (Å²) < 4.78 is 27.1. The second kappa shape index (κ2) is 12.8. The molecule has 1 heterocycles. The van der Waals surface area contributed by atoms with Crippen molar-refractivity contribution in [1.82, 2.24) is 10.6 Å². The smallest absolute Gasteiger partial charge is 0.328 e. The number of carboxylic acid groups (broad SMARTS) is 1. The molecule has 0 unspecified atom stereocenters. The van der Waals surface area contributed by atoms with Crippen LogP contribution in [0.25, 0.3) is 0 Å². The van der Waals surface area contributed by atoms with Crippen molar-refractivity contribution in [2.45, 2.75) is 84.3 Å². The van der Waals surface area contributed by atoms with Gasteiger partial charge in [0.25, 0.3) is 0 Å². The molecule has 1 fully saturated rings. The Morgan fingerprint density at radius 3 is 1.88 bits per heavy atom. The van der Waals surface area contributed by atoms with Crippen molar-refractivity contribution < 1.29 is 57.6 Å². The second-order valence-corrected chi connectivity index (χ2v) is 7.58. The fourth-order valence-corrected chi connectivity index (χ4v) is 3.30. The van der Waals surface area contributed by atoms with Crippen LogP contribution in [0.2, 0.25) is 0 Å². The summed E-state index contributed by atoms with van der Waals surface area (Å²) in [5, 5.41) is 14.2. The number of esters is 3. The van der Waals surface area contributed by atoms with Crippen molar-refractivity contribution in [2.24, 2.45) is 0 Å². The second-order valence-electron chi connectivity index (χ2n) is 7.58. The van der Waals surface area contributed by atoms with Crippen molar-refractivity contribution in [3.8, 4) is 0 Å². The van der Waals surface area contributed by atoms with E-state index in [1.54, 1.807) is 0 Å². The Morgan fingerprint density at radius 2 is 1.44 bits per heavy atom. The summed E-state index contributed by atoms with van der Waals surface area (Å²) in [5.41, 5.74) is 0. The summed E-state index contributed by atoms with van der Waals surface area (Å²) in [4.78, 5) is 69.8. The molecule has 34 heavy (non-hydrogen) atoms. The van der Waals surface area contributed by atoms with E-state index in [2.05, 4.69) is 10.6 Å². The summed E-state index contributed by atoms with van der Waals surface area (Å²) in [7, 11) is 0. The van der Waals surface area contributed by atoms with Crippen molar-refractivity contribution in [1.29, 1.82) is 0 Å². The lowest BCUT2D eigenvalue weighted by atomic mass is 9.95. The lowest BCUT2D eigenvalue weighted by molar-refractivity contribution is -0.287. The first-order chi connectivity index (χ1) is 15.7. The van der Waals surface area contributed by atoms with E-state index in [9.17, 15) is 33.9 Å². The third kappa shape index (κ3) is 8.94. The van der Waals surface area contributed by atoms with Gasteiger partial charge in [0.05, 0.1) is 6.10 Å². The Labute approximate surface area is 195 Å². The monoisotopic (exact) mass is 490 g/mol. The molecule has 0 aromatic carbocycles. The highest BCUT2D eigenvalue weighted by atomic mass is 16.7. The molecule has 192 valence electrons. The minimum Gasteiger partial charge on any atom is -0.480 e. The summed E-state index contributed by atoms with van der Waals surface area (Å²) in [6.45, 7) is 6.49. The first kappa shape index (κ1) is 28.8. The predicted octanol–water partition coefficient (Wildman–Crippen LogP) is -1.36. The molecule has 0 radical (unpaired) electrons. The SMILES string of the molecule is CC(=O)N[C@H]1[C@@H](O[C@H](C)[C@H](NC(C)=O)C(=O)O)O[C@H](COC(C)=O)[C@H](OC(C)=O)[C@@H]1OC(C)=O. The zero-order chi connectivity index (χ0) is 26.2. The van der Waals surface area contributed by atoms with Crippen LogP contribution >= 0.6 is 0 Å². The molecular weight excluding hydrogens is 460 g/mol. The van der Waals surface area contributed by atoms with Gasteiger partial charge < -0.3 is 39.4 Å². The average Bonchev–Trinajstić information content (AvgIpc) is 2.67. The minimum atomic E-state index is -1.50. The predicted molar refractivity (Wildman–Crippen MR) is 110 cm³/mol. The van der Waals surface area contributed by atoms with E-state index in [0.717, 1.165) is 34.6 Å². The third-order valence-corrected chi connectivity index (χ3v) is 4.51. The van der Waals surface area contributed by atoms with Gasteiger partial charge in [-0.1, -0.05) is 0 Å². The standard InChI is InChI=1S/C20H30N2O12/c1-8(15(19(28)29)21-9(2)23)31-20-16(22-10(3)24)18(33-13(6)27)17(32-12(5)26)14(34-20)7-30-11(4)25/h8,14-18,20H,7H2,1-6H3,(H,21,23)(H,22,24)(H,28,29)/t8-,14-,15+,16-,17+,18-,20+/m1/s1. The van der Waals surface area contributed by atoms with E-state index < -0.39 is 85.1 Å². The Balaban J connectivity index is 3.41. The Hall–Kier alpha value is -3.26. The van der Waals surface area contributed by atoms with Gasteiger partial charge in [0, 0.05) is 34.6 Å². The van der Waals surface area contributed by atoms with Crippen molar-refractivity contribution in [3.63, 3.8) is 0 Å². The van der Waals surface area contributed by atoms with Gasteiger partial charge in [-0.2, -0.15) is 0 Å². The maximum absolute atomic E-state index is 11.9. The van der Waals surface area contributed by atoms with E-state index in [0.29, 0.717) is 0 Å². The summed E-state index contributed by atoms with van der Waals surface area (Å²) in [5.74, 6) is -4.88. The number of aliphatic carboxylic acids is 1. The van der Waals surface area contributed by atoms with Gasteiger partial charge in [-0.25, -0.2) is 4.79 Å². The molecule has 7 atom stereocenters. The van der Waals surface area contributed by atoms with E-state index in [1.807, 2.05) is 0 Å². The van der Waals surface area contributed by atoms with Crippen molar-refractivity contribution in [3.05, 3.63) is 0 Å². The van der Waals surface area contributed by atoms with Crippen LogP contribution < -0.4 is 10.6 Å². The molecule has 14 nitrogen and oxygen atoms in total. The molecule has 0 bridgehead atoms. The molecule has 1 rings (SSSR count). The molecule has 2 amide bonds. The lowest BCUT2D eigenvalue weighted by Crippen LogP contribution is -2.67. The molecule has 0 spiro atoms. The topological polar surface area (TPSA) is 193 Å². The number of nitrogens with one attached hydrogen (secondary N) is 2. The zero-order valence-corrected chi connectivity index (χ0v) is 19.7. The largest absolute Gasteiger partial charge is 0.480 e. The van der Waals surface area contributed by atoms with Crippen LogP contribution in [0.1, 0.15) is 41.5 Å². The highest BCUT2D eigenvalue weighted by Crippen LogP contribution is 2.29. The molecule has 0 aromatic heterocycles. The van der Waals surface area contributed by atoms with Crippen LogP contribution in [0.15, 0.2) is 0 Å². The number of carbonyl (C=O) groups is 6. The number of hydrogen-bond acceptors (Lipinski definition) is 11. The molecule has 0 saturated carbocycles. The summed E-state index contributed by atoms with van der Waals surface area (Å²) in [6.07, 6.45) is -6.57. The maximum Gasteiger partial charge on any atom is 0.328 e. The first-order valence-electron chi connectivity index (χ1n) is 10.3. The molecule has 0 aromatic rings. The Kier molecular flexibility index (Phi) is 10.9. The molecule has 1 saturated heterocycles. The van der Waals surface area contributed by atoms with Gasteiger partial charge in [0.15, 0.2) is 24.5 Å². The minimum absolute atomic E-state index is 0.444. The van der Waals surface area contributed by atoms with Gasteiger partial charge in [0.2, 0.25) is 11.8 Å². The number of carboxylic acids is 1. The van der Waals surface area contributed by atoms with Gasteiger partial charge in [-0.15, -0.1) is 0 Å². The summed E-state index contributed by atoms with van der Waals surface area (Å²) >= 11 is 0. The van der Waals surface area contributed by atoms with Gasteiger partial charge in [-0.3, -0.25) is 24.0 Å². The highest BCUT2D eigenvalue weighted by molar-refractivity contribution is 5.82. The number of amides is 2. The molecule has 1 aliphatic heterocycles. The van der Waals surface area contributed by atoms with Crippen LogP contribution in [0, 0.1) is 0 Å². The number of rotatable bonds is 10. The fourth-order valence-electron chi connectivity index (χ4n) is 3.30. The quantitative estimate of drug-likeness (QED) is 0.241. The Bertz CT molecular complexity index is 800. The van der Waals surface area contributed by atoms with Crippen LogP contribution in [0.5, 0.6) is 0 Å². The van der Waals surface area contributed by atoms with Crippen molar-refractivity contribution >= 4 is 35.7 Å². The molecule has 1 aliphatic rings. The molecule has 0 aliphatic carbocycles. The normalized spacial score (nSPS) is 25.8. The first-order valence-corrected chi connectivity index (χ1v) is 10.3. The lowest BCUT2D eigenvalue weighted by Gasteiger charge is -2.45. The maximum atomic E-state index is 11.9. The highest BCUT2D eigenvalue weighted by Gasteiger charge is 2.52.